The Balaban J connectivity index is 1.65. The van der Waals surface area contributed by atoms with Crippen LogP contribution in [-0.4, -0.2) is 118 Å². The van der Waals surface area contributed by atoms with Crippen LogP contribution < -0.4 is 5.43 Å². The second-order valence-electron chi connectivity index (χ2n) is 11.0. The van der Waals surface area contributed by atoms with Crippen LogP contribution in [0.25, 0.3) is 43.6 Å². The molecule has 15 heteroatoms. The van der Waals surface area contributed by atoms with Crippen molar-refractivity contribution in [3.63, 3.8) is 0 Å². The van der Waals surface area contributed by atoms with Gasteiger partial charge in [-0.1, -0.05) is 0 Å². The number of aliphatic hydroxyl groups excluding tert-OH is 6. The Morgan fingerprint density at radius 1 is 0.841 bits per heavy atom. The summed E-state index contributed by atoms with van der Waals surface area (Å²) in [5.74, 6) is -1.86. The molecular weight excluding hydrogens is 580 g/mol. The second kappa shape index (κ2) is 10.1. The van der Waals surface area contributed by atoms with Crippen LogP contribution in [0.3, 0.4) is 0 Å². The summed E-state index contributed by atoms with van der Waals surface area (Å²) in [7, 11) is 0. The molecule has 0 bridgehead atoms. The molecule has 5 atom stereocenters. The SMILES string of the molecule is O=C1c2c(c3c4ccc(O)cc4n([C@@H]4O[C@H](CO)[C@@H](O)[C@H](O)[C@@H]4O)c3c3[nH]c4cc(O)ccc4c23)C(=O)N1NC(CO)CO. The van der Waals surface area contributed by atoms with E-state index in [1.165, 1.54) is 34.9 Å². The third-order valence-corrected chi connectivity index (χ3v) is 8.46. The molecule has 230 valence electrons. The molecule has 10 N–H and O–H groups in total. The third kappa shape index (κ3) is 3.79. The van der Waals surface area contributed by atoms with Crippen molar-refractivity contribution in [2.45, 2.75) is 36.7 Å². The summed E-state index contributed by atoms with van der Waals surface area (Å²) in [4.78, 5) is 31.2. The number of rotatable bonds is 6. The second-order valence-corrected chi connectivity index (χ2v) is 11.0. The Morgan fingerprint density at radius 3 is 2.14 bits per heavy atom. The molecule has 7 rings (SSSR count). The van der Waals surface area contributed by atoms with Gasteiger partial charge in [0.25, 0.3) is 11.8 Å². The van der Waals surface area contributed by atoms with Gasteiger partial charge in [-0.15, -0.1) is 0 Å². The zero-order valence-electron chi connectivity index (χ0n) is 22.7. The molecule has 5 aromatic rings. The minimum atomic E-state index is -1.75. The average molecular weight is 609 g/mol. The molecule has 1 fully saturated rings. The first-order chi connectivity index (χ1) is 21.1. The maximum atomic E-state index is 14.1. The number of amides is 2. The largest absolute Gasteiger partial charge is 0.508 e. The summed E-state index contributed by atoms with van der Waals surface area (Å²) >= 11 is 0. The zero-order chi connectivity index (χ0) is 31.2. The van der Waals surface area contributed by atoms with Crippen molar-refractivity contribution in [3.05, 3.63) is 47.5 Å². The Bertz CT molecular complexity index is 2000. The van der Waals surface area contributed by atoms with E-state index in [-0.39, 0.29) is 49.9 Å². The van der Waals surface area contributed by atoms with Crippen LogP contribution in [0.2, 0.25) is 0 Å². The number of carbonyl (C=O) groups excluding carboxylic acids is 2. The fraction of sp³-hybridized carbons (Fsp3) is 0.310. The summed E-state index contributed by atoms with van der Waals surface area (Å²) in [5, 5.41) is 84.2. The van der Waals surface area contributed by atoms with Gasteiger partial charge in [0.15, 0.2) is 6.23 Å². The maximum absolute atomic E-state index is 14.1. The molecule has 44 heavy (non-hydrogen) atoms. The quantitative estimate of drug-likeness (QED) is 0.107. The first-order valence-corrected chi connectivity index (χ1v) is 13.7. The molecule has 0 spiro atoms. The first kappa shape index (κ1) is 28.5. The lowest BCUT2D eigenvalue weighted by molar-refractivity contribution is -0.249. The summed E-state index contributed by atoms with van der Waals surface area (Å²) in [6.07, 6.45) is -7.92. The van der Waals surface area contributed by atoms with E-state index >= 15 is 0 Å². The predicted molar refractivity (Wildman–Crippen MR) is 153 cm³/mol. The number of imide groups is 1. The molecule has 1 saturated heterocycles. The van der Waals surface area contributed by atoms with E-state index in [0.29, 0.717) is 21.3 Å². The zero-order valence-corrected chi connectivity index (χ0v) is 22.7. The summed E-state index contributed by atoms with van der Waals surface area (Å²) in [5.41, 5.74) is 3.60. The van der Waals surface area contributed by atoms with E-state index in [1.54, 1.807) is 6.07 Å². The van der Waals surface area contributed by atoms with Gasteiger partial charge < -0.3 is 55.1 Å². The molecule has 4 heterocycles. The number of H-pyrrole nitrogens is 1. The number of hydrogen-bond acceptors (Lipinski definition) is 12. The molecular formula is C29H28N4O11. The van der Waals surface area contributed by atoms with Crippen molar-refractivity contribution in [1.82, 2.24) is 20.0 Å². The van der Waals surface area contributed by atoms with Crippen molar-refractivity contribution < 1.29 is 55.2 Å². The number of hydrogen-bond donors (Lipinski definition) is 10. The van der Waals surface area contributed by atoms with E-state index in [1.807, 2.05) is 0 Å². The highest BCUT2D eigenvalue weighted by molar-refractivity contribution is 6.39. The minimum Gasteiger partial charge on any atom is -0.508 e. The van der Waals surface area contributed by atoms with Crippen molar-refractivity contribution in [1.29, 1.82) is 0 Å². The van der Waals surface area contributed by atoms with Crippen LogP contribution >= 0.6 is 0 Å². The van der Waals surface area contributed by atoms with Crippen LogP contribution in [0.4, 0.5) is 0 Å². The topological polar surface area (TPSA) is 241 Å². The third-order valence-electron chi connectivity index (χ3n) is 8.46. The number of aromatic hydroxyl groups is 2. The van der Waals surface area contributed by atoms with Crippen molar-refractivity contribution in [3.8, 4) is 11.5 Å². The Kier molecular flexibility index (Phi) is 6.54. The standard InChI is InChI=1S/C29H28N4O11/c34-7-10(8-35)31-33-27(42)20-18-13-3-1-11(37)5-15(13)30-22(18)23-19(21(20)28(33)43)14-4-2-12(38)6-16(14)32(23)29-26(41)25(40)24(39)17(9-36)44-29/h1-6,10,17,24-26,29-31,34-41H,7-9H2/t17-,24-,25+,26+,29-/m1/s1. The van der Waals surface area contributed by atoms with E-state index < -0.39 is 68.3 Å². The Morgan fingerprint density at radius 2 is 1.48 bits per heavy atom. The van der Waals surface area contributed by atoms with Crippen molar-refractivity contribution in [2.24, 2.45) is 0 Å². The molecule has 3 aromatic carbocycles. The van der Waals surface area contributed by atoms with Crippen LogP contribution in [0.15, 0.2) is 36.4 Å². The van der Waals surface area contributed by atoms with Gasteiger partial charge >= 0.3 is 0 Å². The number of phenolic OH excluding ortho intramolecular Hbond substituents is 2. The lowest BCUT2D eigenvalue weighted by Gasteiger charge is -2.41. The number of fused-ring (bicyclic) bond motifs is 10. The summed E-state index contributed by atoms with van der Waals surface area (Å²) in [6.45, 7) is -1.88. The van der Waals surface area contributed by atoms with Gasteiger partial charge in [-0.05, 0) is 24.3 Å². The number of carbonyl (C=O) groups is 2. The average Bonchev–Trinajstić information content (AvgIpc) is 3.62. The lowest BCUT2D eigenvalue weighted by Crippen LogP contribution is -2.56. The number of aliphatic hydroxyl groups is 6. The summed E-state index contributed by atoms with van der Waals surface area (Å²) in [6, 6.07) is 7.55. The Hall–Kier alpha value is -4.32. The molecule has 15 nitrogen and oxygen atoms in total. The van der Waals surface area contributed by atoms with E-state index in [4.69, 9.17) is 4.74 Å². The number of aromatic nitrogens is 2. The molecule has 0 unspecified atom stereocenters. The van der Waals surface area contributed by atoms with Gasteiger partial charge in [0.05, 0.1) is 59.1 Å². The fourth-order valence-corrected chi connectivity index (χ4v) is 6.41. The van der Waals surface area contributed by atoms with Crippen LogP contribution in [0.1, 0.15) is 26.9 Å². The molecule has 2 aliphatic heterocycles. The molecule has 2 amide bonds. The highest BCUT2D eigenvalue weighted by atomic mass is 16.6. The van der Waals surface area contributed by atoms with Crippen molar-refractivity contribution >= 4 is 55.4 Å². The summed E-state index contributed by atoms with van der Waals surface area (Å²) < 4.78 is 7.35. The number of aromatic amines is 1. The van der Waals surface area contributed by atoms with Crippen LogP contribution in [0, 0.1) is 0 Å². The van der Waals surface area contributed by atoms with Gasteiger partial charge in [0.1, 0.15) is 35.9 Å². The van der Waals surface area contributed by atoms with Crippen molar-refractivity contribution in [2.75, 3.05) is 19.8 Å². The molecule has 0 aliphatic carbocycles. The lowest BCUT2D eigenvalue weighted by atomic mass is 9.96. The highest BCUT2D eigenvalue weighted by Crippen LogP contribution is 2.47. The van der Waals surface area contributed by atoms with Crippen LogP contribution in [-0.2, 0) is 4.74 Å². The number of phenols is 2. The minimum absolute atomic E-state index is 0.0162. The predicted octanol–water partition coefficient (Wildman–Crippen LogP) is -0.734. The molecule has 2 aromatic heterocycles. The number of ether oxygens (including phenoxy) is 1. The Labute approximate surface area is 246 Å². The van der Waals surface area contributed by atoms with E-state index in [0.717, 1.165) is 0 Å². The molecule has 2 aliphatic rings. The monoisotopic (exact) mass is 608 g/mol. The highest BCUT2D eigenvalue weighted by Gasteiger charge is 2.47. The van der Waals surface area contributed by atoms with Gasteiger partial charge in [-0.25, -0.2) is 10.4 Å². The first-order valence-electron chi connectivity index (χ1n) is 13.7. The number of nitrogens with zero attached hydrogens (tertiary/aromatic N) is 2. The number of benzene rings is 3. The molecule has 0 radical (unpaired) electrons. The normalized spacial score (nSPS) is 24.2. The fourth-order valence-electron chi connectivity index (χ4n) is 6.41. The molecule has 0 saturated carbocycles. The van der Waals surface area contributed by atoms with Crippen LogP contribution in [0.5, 0.6) is 11.5 Å². The van der Waals surface area contributed by atoms with Gasteiger partial charge in [-0.2, -0.15) is 0 Å². The maximum Gasteiger partial charge on any atom is 0.276 e. The number of nitrogens with one attached hydrogen (secondary N) is 2. The van der Waals surface area contributed by atoms with Gasteiger partial charge in [0, 0.05) is 33.7 Å². The number of hydrazine groups is 1. The smallest absolute Gasteiger partial charge is 0.276 e. The van der Waals surface area contributed by atoms with Gasteiger partial charge in [0.2, 0.25) is 0 Å². The van der Waals surface area contributed by atoms with E-state index in [9.17, 15) is 50.4 Å². The van der Waals surface area contributed by atoms with Gasteiger partial charge in [-0.3, -0.25) is 9.59 Å². The van der Waals surface area contributed by atoms with E-state index in [2.05, 4.69) is 10.4 Å².